The van der Waals surface area contributed by atoms with E-state index in [-0.39, 0.29) is 0 Å². The predicted molar refractivity (Wildman–Crippen MR) is 450 cm³/mol. The fraction of sp³-hybridized carbons (Fsp3) is 0.265. The highest BCUT2D eigenvalue weighted by atomic mass is 16.5. The highest BCUT2D eigenvalue weighted by Gasteiger charge is 2.21. The zero-order valence-corrected chi connectivity index (χ0v) is 63.5. The summed E-state index contributed by atoms with van der Waals surface area (Å²) in [5.41, 5.74) is 21.1. The quantitative estimate of drug-likeness (QED) is 0.0276. The van der Waals surface area contributed by atoms with Crippen molar-refractivity contribution in [3.8, 4) is 79.3 Å². The fourth-order valence-corrected chi connectivity index (χ4v) is 13.4. The lowest BCUT2D eigenvalue weighted by atomic mass is 9.96. The smallest absolute Gasteiger partial charge is 0.248 e. The SMILES string of the molecule is CCCCCCOc1cc(-c2ccc(-c3nnc(-c4ccc(-c5cc(OCCCCCC)c(-c6ccc(N(c7ccccc7)c7ccc(C=Cc8ccc(C=Cc9ccc(N(c%10ccccc%10)c%10ccc(C)cc%10)cc9)cc8)cc7)cc6)cc5OCCCCCC)cc4)o3)cc2)c(OCCCCCC)cc1C. The number of hydrogen-bond acceptors (Lipinski definition) is 9. The number of para-hydroxylation sites is 2. The summed E-state index contributed by atoms with van der Waals surface area (Å²) in [6, 6.07) is 90.2. The topological polar surface area (TPSA) is 82.3 Å². The van der Waals surface area contributed by atoms with E-state index in [0.29, 0.717) is 38.2 Å². The third-order valence-electron chi connectivity index (χ3n) is 19.6. The van der Waals surface area contributed by atoms with Crippen molar-refractivity contribution in [1.82, 2.24) is 10.2 Å². The van der Waals surface area contributed by atoms with Gasteiger partial charge in [-0.1, -0.05) is 268 Å². The molecule has 0 amide bonds. The number of hydrogen-bond donors (Lipinski definition) is 0. The highest BCUT2D eigenvalue weighted by molar-refractivity contribution is 5.85. The molecule has 0 fully saturated rings. The molecule has 11 aromatic carbocycles. The van der Waals surface area contributed by atoms with Crippen LogP contribution < -0.4 is 28.7 Å². The zero-order valence-electron chi connectivity index (χ0n) is 63.5. The summed E-state index contributed by atoms with van der Waals surface area (Å²) in [6.07, 6.45) is 26.7. The summed E-state index contributed by atoms with van der Waals surface area (Å²) >= 11 is 0. The maximum atomic E-state index is 6.87. The van der Waals surface area contributed by atoms with Gasteiger partial charge < -0.3 is 33.2 Å². The second kappa shape index (κ2) is 39.3. The summed E-state index contributed by atoms with van der Waals surface area (Å²) < 4.78 is 33.0. The van der Waals surface area contributed by atoms with Crippen molar-refractivity contribution in [3.05, 3.63) is 288 Å². The molecule has 0 unspecified atom stereocenters. The Balaban J connectivity index is 0.751. The summed E-state index contributed by atoms with van der Waals surface area (Å²) in [6.45, 7) is 15.8. The first-order valence-electron chi connectivity index (χ1n) is 39.1. The van der Waals surface area contributed by atoms with Crippen molar-refractivity contribution in [3.63, 3.8) is 0 Å². The van der Waals surface area contributed by atoms with Crippen LogP contribution in [0.15, 0.2) is 259 Å². The van der Waals surface area contributed by atoms with E-state index in [1.54, 1.807) is 0 Å². The van der Waals surface area contributed by atoms with E-state index < -0.39 is 0 Å². The minimum atomic E-state index is 0.444. The van der Waals surface area contributed by atoms with Gasteiger partial charge >= 0.3 is 0 Å². The largest absolute Gasteiger partial charge is 0.493 e. The lowest BCUT2D eigenvalue weighted by molar-refractivity contribution is 0.296. The first kappa shape index (κ1) is 75.5. The van der Waals surface area contributed by atoms with Crippen LogP contribution in [0.1, 0.15) is 164 Å². The van der Waals surface area contributed by atoms with Crippen molar-refractivity contribution < 1.29 is 23.4 Å². The van der Waals surface area contributed by atoms with Gasteiger partial charge in [0.2, 0.25) is 11.8 Å². The molecule has 0 atom stereocenters. The maximum absolute atomic E-state index is 6.87. The summed E-state index contributed by atoms with van der Waals surface area (Å²) in [4.78, 5) is 4.61. The Morgan fingerprint density at radius 3 is 0.897 bits per heavy atom. The van der Waals surface area contributed by atoms with Crippen molar-refractivity contribution >= 4 is 58.4 Å². The Bertz CT molecular complexity index is 4720. The number of anilines is 6. The second-order valence-electron chi connectivity index (χ2n) is 27.9. The number of rotatable bonds is 39. The minimum Gasteiger partial charge on any atom is -0.493 e. The van der Waals surface area contributed by atoms with Gasteiger partial charge in [-0.15, -0.1) is 10.2 Å². The zero-order chi connectivity index (χ0) is 73.8. The first-order valence-corrected chi connectivity index (χ1v) is 39.1. The molecular weight excluding hydrogens is 1310 g/mol. The van der Waals surface area contributed by atoms with Crippen molar-refractivity contribution in [2.24, 2.45) is 0 Å². The van der Waals surface area contributed by atoms with Gasteiger partial charge in [0.1, 0.15) is 23.0 Å². The van der Waals surface area contributed by atoms with Crippen LogP contribution in [0.5, 0.6) is 23.0 Å². The van der Waals surface area contributed by atoms with Gasteiger partial charge in [0.15, 0.2) is 0 Å². The van der Waals surface area contributed by atoms with Gasteiger partial charge in [0.25, 0.3) is 0 Å². The molecule has 1 heterocycles. The van der Waals surface area contributed by atoms with Crippen molar-refractivity contribution in [1.29, 1.82) is 0 Å². The van der Waals surface area contributed by atoms with Crippen LogP contribution in [0.3, 0.4) is 0 Å². The monoisotopic (exact) mass is 1420 g/mol. The Kier molecular flexibility index (Phi) is 27.7. The molecule has 9 heteroatoms. The number of nitrogens with zero attached hydrogens (tertiary/aromatic N) is 4. The molecule has 12 aromatic rings. The molecule has 0 aliphatic heterocycles. The lowest BCUT2D eigenvalue weighted by Gasteiger charge is -2.26. The van der Waals surface area contributed by atoms with E-state index in [9.17, 15) is 0 Å². The standard InChI is InChI=1S/C98H104N4O5/c1-7-11-15-25-65-103-93-70-90(94(69-74(93)6)104-66-26-16-12-8-2)79-47-51-82(52-48-79)97-99-100-98(107-97)83-53-49-80(50-54-83)91-71-96(106-68-28-18-14-10-4)92(72-95(91)105-67-27-17-13-9-3)81-55-63-89(64-56-81)102(85-31-23-20-24-32-85)88-61-45-78(46-62-88)42-40-76-37-35-75(36-38-76)39-41-77-43-59-87(60-44-77)101(84-29-21-19-22-30-84)86-57-33-73(5)34-58-86/h19-24,29-64,69-72H,7-18,25-28,65-68H2,1-6H3. The van der Waals surface area contributed by atoms with Gasteiger partial charge in [-0.3, -0.25) is 0 Å². The number of aromatic nitrogens is 2. The minimum absolute atomic E-state index is 0.444. The summed E-state index contributed by atoms with van der Waals surface area (Å²) in [5.74, 6) is 4.29. The Labute approximate surface area is 636 Å². The molecule has 107 heavy (non-hydrogen) atoms. The van der Waals surface area contributed by atoms with Crippen LogP contribution in [-0.4, -0.2) is 36.6 Å². The molecule has 0 bridgehead atoms. The van der Waals surface area contributed by atoms with E-state index in [4.69, 9.17) is 23.4 Å². The summed E-state index contributed by atoms with van der Waals surface area (Å²) in [5, 5.41) is 9.13. The predicted octanol–water partition coefficient (Wildman–Crippen LogP) is 28.1. The van der Waals surface area contributed by atoms with E-state index in [1.165, 1.54) is 50.5 Å². The fourth-order valence-electron chi connectivity index (χ4n) is 13.4. The maximum Gasteiger partial charge on any atom is 0.248 e. The third-order valence-corrected chi connectivity index (χ3v) is 19.6. The van der Waals surface area contributed by atoms with Crippen LogP contribution in [0.4, 0.5) is 34.1 Å². The molecule has 0 saturated carbocycles. The van der Waals surface area contributed by atoms with Gasteiger partial charge in [-0.2, -0.15) is 0 Å². The number of ether oxygens (including phenoxy) is 4. The van der Waals surface area contributed by atoms with Crippen molar-refractivity contribution in [2.75, 3.05) is 36.2 Å². The molecule has 0 N–H and O–H groups in total. The van der Waals surface area contributed by atoms with Gasteiger partial charge in [0, 0.05) is 61.9 Å². The average molecular weight is 1420 g/mol. The Morgan fingerprint density at radius 1 is 0.280 bits per heavy atom. The van der Waals surface area contributed by atoms with Crippen LogP contribution in [0, 0.1) is 13.8 Å². The van der Waals surface area contributed by atoms with Gasteiger partial charge in [-0.05, 0) is 205 Å². The molecule has 0 radical (unpaired) electrons. The molecule has 12 rings (SSSR count). The van der Waals surface area contributed by atoms with E-state index >= 15 is 0 Å². The first-order chi connectivity index (χ1) is 52.7. The average Bonchev–Trinajstić information content (AvgIpc) is 1.81. The number of unbranched alkanes of at least 4 members (excludes halogenated alkanes) is 12. The van der Waals surface area contributed by atoms with E-state index in [1.807, 2.05) is 12.1 Å². The van der Waals surface area contributed by atoms with Crippen LogP contribution >= 0.6 is 0 Å². The Morgan fingerprint density at radius 2 is 0.551 bits per heavy atom. The summed E-state index contributed by atoms with van der Waals surface area (Å²) in [7, 11) is 0. The molecule has 0 saturated heterocycles. The van der Waals surface area contributed by atoms with Gasteiger partial charge in [0.05, 0.1) is 26.4 Å². The molecule has 9 nitrogen and oxygen atoms in total. The van der Waals surface area contributed by atoms with Crippen LogP contribution in [0.25, 0.3) is 80.6 Å². The third kappa shape index (κ3) is 20.9. The molecular formula is C98H104N4O5. The molecule has 1 aromatic heterocycles. The normalized spacial score (nSPS) is 11.4. The number of benzene rings is 11. The van der Waals surface area contributed by atoms with Crippen LogP contribution in [-0.2, 0) is 0 Å². The van der Waals surface area contributed by atoms with Crippen molar-refractivity contribution in [2.45, 2.75) is 144 Å². The van der Waals surface area contributed by atoms with Gasteiger partial charge in [-0.25, -0.2) is 0 Å². The molecule has 0 spiro atoms. The highest BCUT2D eigenvalue weighted by Crippen LogP contribution is 2.45. The Hall–Kier alpha value is -11.2. The molecule has 546 valence electrons. The second-order valence-corrected chi connectivity index (χ2v) is 27.9. The lowest BCUT2D eigenvalue weighted by Crippen LogP contribution is -2.09. The van der Waals surface area contributed by atoms with Crippen LogP contribution in [0.2, 0.25) is 0 Å². The molecule has 0 aliphatic rings. The number of aryl methyl sites for hydroxylation is 2. The molecule has 0 aliphatic carbocycles. The van der Waals surface area contributed by atoms with E-state index in [0.717, 1.165) is 187 Å². The van der Waals surface area contributed by atoms with E-state index in [2.05, 4.69) is 328 Å².